The molecule has 0 aliphatic rings. The number of hydrogen-bond acceptors (Lipinski definition) is 5. The molecule has 6 nitrogen and oxygen atoms in total. The molecular formula is C24H15ClF2N4O2. The van der Waals surface area contributed by atoms with E-state index in [4.69, 9.17) is 21.6 Å². The fourth-order valence-electron chi connectivity index (χ4n) is 3.14. The van der Waals surface area contributed by atoms with Crippen LogP contribution in [0.15, 0.2) is 72.8 Å². The third kappa shape index (κ3) is 4.89. The number of carbonyl (C=O) groups is 1. The van der Waals surface area contributed by atoms with E-state index in [9.17, 15) is 13.6 Å². The molecule has 0 spiro atoms. The standard InChI is InChI=1S/C24H15ClF2N4O2/c25-17-10-8-16(9-11-17)24(26,27)14-29-22(32)21-19-6-1-2-7-20(19)30-31-23(21)33-18-5-3-4-15(12-18)13-28/h1-12H,14H2,(H,29,32). The zero-order chi connectivity index (χ0) is 23.4. The Morgan fingerprint density at radius 3 is 2.58 bits per heavy atom. The molecule has 1 aromatic heterocycles. The van der Waals surface area contributed by atoms with Gasteiger partial charge in [0, 0.05) is 16.0 Å². The lowest BCUT2D eigenvalue weighted by atomic mass is 10.1. The first-order chi connectivity index (χ1) is 15.9. The lowest BCUT2D eigenvalue weighted by Crippen LogP contribution is -2.35. The van der Waals surface area contributed by atoms with Crippen LogP contribution in [0.5, 0.6) is 11.6 Å². The van der Waals surface area contributed by atoms with E-state index in [-0.39, 0.29) is 22.8 Å². The number of hydrogen-bond donors (Lipinski definition) is 1. The molecule has 0 aliphatic carbocycles. The fraction of sp³-hybridized carbons (Fsp3) is 0.0833. The molecule has 0 aliphatic heterocycles. The van der Waals surface area contributed by atoms with Gasteiger partial charge in [-0.2, -0.15) is 14.0 Å². The Morgan fingerprint density at radius 2 is 1.82 bits per heavy atom. The molecule has 0 bridgehead atoms. The Hall–Kier alpha value is -4.09. The van der Waals surface area contributed by atoms with Gasteiger partial charge in [0.15, 0.2) is 0 Å². The van der Waals surface area contributed by atoms with Gasteiger partial charge in [0.1, 0.15) is 11.3 Å². The summed E-state index contributed by atoms with van der Waals surface area (Å²) in [6.45, 7) is -0.951. The molecule has 33 heavy (non-hydrogen) atoms. The molecule has 1 N–H and O–H groups in total. The van der Waals surface area contributed by atoms with Crippen LogP contribution in [-0.4, -0.2) is 22.6 Å². The van der Waals surface area contributed by atoms with Gasteiger partial charge in [0.2, 0.25) is 0 Å². The summed E-state index contributed by atoms with van der Waals surface area (Å²) in [5.74, 6) is -4.06. The summed E-state index contributed by atoms with van der Waals surface area (Å²) in [6, 6.07) is 20.0. The number of alkyl halides is 2. The van der Waals surface area contributed by atoms with E-state index in [1.165, 1.54) is 30.3 Å². The van der Waals surface area contributed by atoms with Gasteiger partial charge in [-0.25, -0.2) is 0 Å². The third-order valence-corrected chi connectivity index (χ3v) is 5.03. The maximum absolute atomic E-state index is 14.7. The minimum absolute atomic E-state index is 0.0464. The second-order valence-electron chi connectivity index (χ2n) is 7.03. The number of fused-ring (bicyclic) bond motifs is 1. The van der Waals surface area contributed by atoms with Crippen molar-refractivity contribution in [2.24, 2.45) is 0 Å². The summed E-state index contributed by atoms with van der Waals surface area (Å²) in [5.41, 5.74) is 0.407. The number of ether oxygens (including phenoxy) is 1. The van der Waals surface area contributed by atoms with Gasteiger partial charge in [-0.1, -0.05) is 48.0 Å². The molecule has 0 unspecified atom stereocenters. The van der Waals surface area contributed by atoms with Crippen molar-refractivity contribution < 1.29 is 18.3 Å². The summed E-state index contributed by atoms with van der Waals surface area (Å²) in [4.78, 5) is 13.1. The number of rotatable bonds is 6. The molecule has 0 atom stereocenters. The summed E-state index contributed by atoms with van der Waals surface area (Å²) in [5, 5.41) is 20.1. The first-order valence-electron chi connectivity index (χ1n) is 9.73. The second-order valence-corrected chi connectivity index (χ2v) is 7.47. The average Bonchev–Trinajstić information content (AvgIpc) is 2.83. The zero-order valence-electron chi connectivity index (χ0n) is 16.9. The molecule has 0 saturated carbocycles. The number of carbonyl (C=O) groups excluding carboxylic acids is 1. The highest BCUT2D eigenvalue weighted by atomic mass is 35.5. The number of aromatic nitrogens is 2. The topological polar surface area (TPSA) is 87.9 Å². The maximum atomic E-state index is 14.7. The van der Waals surface area contributed by atoms with Gasteiger partial charge in [-0.05, 0) is 36.4 Å². The molecule has 3 aromatic carbocycles. The van der Waals surface area contributed by atoms with E-state index in [1.807, 2.05) is 6.07 Å². The Labute approximate surface area is 192 Å². The van der Waals surface area contributed by atoms with Gasteiger partial charge in [0.25, 0.3) is 17.7 Å². The number of halogens is 3. The van der Waals surface area contributed by atoms with Crippen molar-refractivity contribution in [2.45, 2.75) is 5.92 Å². The van der Waals surface area contributed by atoms with Crippen LogP contribution >= 0.6 is 11.6 Å². The molecule has 9 heteroatoms. The number of nitrogens with one attached hydrogen (secondary N) is 1. The summed E-state index contributed by atoms with van der Waals surface area (Å²) < 4.78 is 35.0. The van der Waals surface area contributed by atoms with Crippen molar-refractivity contribution in [3.63, 3.8) is 0 Å². The molecule has 1 amide bonds. The lowest BCUT2D eigenvalue weighted by Gasteiger charge is -2.18. The largest absolute Gasteiger partial charge is 0.437 e. The Balaban J connectivity index is 1.66. The first-order valence-corrected chi connectivity index (χ1v) is 10.1. The van der Waals surface area contributed by atoms with Crippen molar-refractivity contribution in [1.29, 1.82) is 5.26 Å². The van der Waals surface area contributed by atoms with Crippen LogP contribution in [0.1, 0.15) is 21.5 Å². The van der Waals surface area contributed by atoms with Gasteiger partial charge < -0.3 is 10.1 Å². The Morgan fingerprint density at radius 1 is 1.06 bits per heavy atom. The molecule has 1 heterocycles. The van der Waals surface area contributed by atoms with Crippen molar-refractivity contribution in [1.82, 2.24) is 15.5 Å². The molecule has 4 aromatic rings. The SMILES string of the molecule is N#Cc1cccc(Oc2nnc3ccccc3c2C(=O)NCC(F)(F)c2ccc(Cl)cc2)c1. The minimum Gasteiger partial charge on any atom is -0.437 e. The van der Waals surface area contributed by atoms with Gasteiger partial charge in [-0.3, -0.25) is 4.79 Å². The minimum atomic E-state index is -3.33. The van der Waals surface area contributed by atoms with E-state index in [1.54, 1.807) is 42.5 Å². The van der Waals surface area contributed by atoms with E-state index < -0.39 is 18.4 Å². The first kappa shape index (κ1) is 22.1. The highest BCUT2D eigenvalue weighted by molar-refractivity contribution is 6.30. The molecule has 0 radical (unpaired) electrons. The highest BCUT2D eigenvalue weighted by Crippen LogP contribution is 2.31. The Kier molecular flexibility index (Phi) is 6.16. The van der Waals surface area contributed by atoms with Gasteiger partial charge >= 0.3 is 0 Å². The number of nitriles is 1. The quantitative estimate of drug-likeness (QED) is 0.409. The lowest BCUT2D eigenvalue weighted by molar-refractivity contribution is -0.00248. The van der Waals surface area contributed by atoms with Crippen molar-refractivity contribution in [3.05, 3.63) is 94.5 Å². The Bertz CT molecular complexity index is 1370. The molecule has 164 valence electrons. The molecule has 0 saturated heterocycles. The maximum Gasteiger partial charge on any atom is 0.290 e. The average molecular weight is 465 g/mol. The van der Waals surface area contributed by atoms with Crippen LogP contribution < -0.4 is 10.1 Å². The van der Waals surface area contributed by atoms with Crippen LogP contribution in [0, 0.1) is 11.3 Å². The van der Waals surface area contributed by atoms with E-state index in [2.05, 4.69) is 15.5 Å². The predicted octanol–water partition coefficient (Wildman–Crippen LogP) is 5.47. The fourth-order valence-corrected chi connectivity index (χ4v) is 3.27. The summed E-state index contributed by atoms with van der Waals surface area (Å²) in [6.07, 6.45) is 0. The van der Waals surface area contributed by atoms with Crippen LogP contribution in [0.4, 0.5) is 8.78 Å². The second kappa shape index (κ2) is 9.18. The van der Waals surface area contributed by atoms with E-state index in [0.717, 1.165) is 0 Å². The smallest absolute Gasteiger partial charge is 0.290 e. The van der Waals surface area contributed by atoms with Crippen LogP contribution in [0.25, 0.3) is 10.9 Å². The molecule has 4 rings (SSSR count). The highest BCUT2D eigenvalue weighted by Gasteiger charge is 2.33. The molecule has 0 fully saturated rings. The van der Waals surface area contributed by atoms with E-state index >= 15 is 0 Å². The number of amides is 1. The van der Waals surface area contributed by atoms with Crippen molar-refractivity contribution >= 4 is 28.4 Å². The van der Waals surface area contributed by atoms with Crippen LogP contribution in [-0.2, 0) is 5.92 Å². The predicted molar refractivity (Wildman–Crippen MR) is 118 cm³/mol. The zero-order valence-corrected chi connectivity index (χ0v) is 17.7. The van der Waals surface area contributed by atoms with Crippen molar-refractivity contribution in [3.8, 4) is 17.7 Å². The summed E-state index contributed by atoms with van der Waals surface area (Å²) >= 11 is 5.77. The van der Waals surface area contributed by atoms with E-state index in [0.29, 0.717) is 21.5 Å². The van der Waals surface area contributed by atoms with Gasteiger partial charge in [0.05, 0.1) is 23.7 Å². The van der Waals surface area contributed by atoms with Crippen molar-refractivity contribution in [2.75, 3.05) is 6.54 Å². The number of benzene rings is 3. The normalized spacial score (nSPS) is 11.1. The molecular weight excluding hydrogens is 450 g/mol. The monoisotopic (exact) mass is 464 g/mol. The van der Waals surface area contributed by atoms with Crippen LogP contribution in [0.2, 0.25) is 5.02 Å². The summed E-state index contributed by atoms with van der Waals surface area (Å²) in [7, 11) is 0. The third-order valence-electron chi connectivity index (χ3n) is 4.78. The number of nitrogens with zero attached hydrogens (tertiary/aromatic N) is 3. The van der Waals surface area contributed by atoms with Gasteiger partial charge in [-0.15, -0.1) is 10.2 Å². The van der Waals surface area contributed by atoms with Crippen LogP contribution in [0.3, 0.4) is 0 Å².